The highest BCUT2D eigenvalue weighted by molar-refractivity contribution is 7.22. The van der Waals surface area contributed by atoms with Crippen LogP contribution < -0.4 is 14.4 Å². The molecule has 1 N–H and O–H groups in total. The van der Waals surface area contributed by atoms with Crippen LogP contribution in [-0.2, 0) is 9.59 Å². The Hall–Kier alpha value is -3.39. The van der Waals surface area contributed by atoms with Crippen LogP contribution in [0, 0.1) is 0 Å². The molecule has 0 spiro atoms. The lowest BCUT2D eigenvalue weighted by atomic mass is 9.96. The van der Waals surface area contributed by atoms with Crippen molar-refractivity contribution in [3.05, 3.63) is 59.4 Å². The fourth-order valence-electron chi connectivity index (χ4n) is 3.52. The lowest BCUT2D eigenvalue weighted by Gasteiger charge is -2.24. The fraction of sp³-hybridized carbons (Fsp3) is 0.150. The summed E-state index contributed by atoms with van der Waals surface area (Å²) in [6.07, 6.45) is 0. The second-order valence-corrected chi connectivity index (χ2v) is 7.48. The summed E-state index contributed by atoms with van der Waals surface area (Å²) in [5.74, 6) is -0.445. The Morgan fingerprint density at radius 2 is 2.00 bits per heavy atom. The Morgan fingerprint density at radius 3 is 2.79 bits per heavy atom. The van der Waals surface area contributed by atoms with E-state index in [1.807, 2.05) is 24.3 Å². The molecule has 0 radical (unpaired) electrons. The highest BCUT2D eigenvalue weighted by Gasteiger charge is 2.45. The second-order valence-electron chi connectivity index (χ2n) is 6.47. The van der Waals surface area contributed by atoms with Gasteiger partial charge in [0.05, 0.1) is 21.8 Å². The predicted octanol–water partition coefficient (Wildman–Crippen LogP) is 3.51. The molecule has 2 aliphatic rings. The lowest BCUT2D eigenvalue weighted by molar-refractivity contribution is -0.117. The molecule has 7 nitrogen and oxygen atoms in total. The molecule has 2 aliphatic heterocycles. The number of hydrogen-bond acceptors (Lipinski definition) is 7. The van der Waals surface area contributed by atoms with Gasteiger partial charge in [-0.05, 0) is 36.8 Å². The molecule has 5 rings (SSSR count). The molecule has 1 aromatic heterocycles. The van der Waals surface area contributed by atoms with E-state index >= 15 is 0 Å². The van der Waals surface area contributed by atoms with E-state index in [2.05, 4.69) is 4.98 Å². The number of fused-ring (bicyclic) bond motifs is 2. The molecule has 0 fully saturated rings. The Bertz CT molecular complexity index is 1150. The van der Waals surface area contributed by atoms with Gasteiger partial charge in [0.1, 0.15) is 0 Å². The third-order valence-electron chi connectivity index (χ3n) is 4.79. The average Bonchev–Trinajstić information content (AvgIpc) is 3.37. The second kappa shape index (κ2) is 6.07. The quantitative estimate of drug-likeness (QED) is 0.731. The maximum atomic E-state index is 12.9. The lowest BCUT2D eigenvalue weighted by Crippen LogP contribution is -2.30. The van der Waals surface area contributed by atoms with Crippen molar-refractivity contribution in [2.45, 2.75) is 13.0 Å². The van der Waals surface area contributed by atoms with Crippen LogP contribution in [0.2, 0.25) is 0 Å². The summed E-state index contributed by atoms with van der Waals surface area (Å²) >= 11 is 1.33. The minimum atomic E-state index is -0.792. The van der Waals surface area contributed by atoms with Crippen molar-refractivity contribution in [3.63, 3.8) is 0 Å². The number of anilines is 1. The number of ketones is 1. The van der Waals surface area contributed by atoms with Crippen molar-refractivity contribution in [3.8, 4) is 11.5 Å². The number of hydrogen-bond donors (Lipinski definition) is 1. The van der Waals surface area contributed by atoms with E-state index in [1.54, 1.807) is 18.2 Å². The SMILES string of the molecule is CC(=O)C1=C(O)C(=O)N(c2nc3ccccc3s2)[C@@H]1c1ccc2c(c1)OCO2. The molecule has 140 valence electrons. The third kappa shape index (κ3) is 2.38. The number of aliphatic hydroxyl groups is 1. The molecule has 28 heavy (non-hydrogen) atoms. The van der Waals surface area contributed by atoms with Crippen LogP contribution >= 0.6 is 11.3 Å². The minimum Gasteiger partial charge on any atom is -0.503 e. The summed E-state index contributed by atoms with van der Waals surface area (Å²) in [6.45, 7) is 1.45. The number of carbonyl (C=O) groups is 2. The predicted molar refractivity (Wildman–Crippen MR) is 103 cm³/mol. The fourth-order valence-corrected chi connectivity index (χ4v) is 4.52. The first-order valence-electron chi connectivity index (χ1n) is 8.57. The monoisotopic (exact) mass is 394 g/mol. The van der Waals surface area contributed by atoms with E-state index in [0.29, 0.717) is 22.2 Å². The van der Waals surface area contributed by atoms with Crippen LogP contribution in [0.4, 0.5) is 5.13 Å². The number of amides is 1. The highest BCUT2D eigenvalue weighted by atomic mass is 32.1. The van der Waals surface area contributed by atoms with Gasteiger partial charge in [0.25, 0.3) is 5.91 Å². The first kappa shape index (κ1) is 16.8. The van der Waals surface area contributed by atoms with Crippen LogP contribution in [0.25, 0.3) is 10.2 Å². The molecule has 1 atom stereocenters. The maximum absolute atomic E-state index is 12.9. The number of ether oxygens (including phenoxy) is 2. The van der Waals surface area contributed by atoms with Gasteiger partial charge < -0.3 is 14.6 Å². The van der Waals surface area contributed by atoms with Crippen molar-refractivity contribution in [1.29, 1.82) is 0 Å². The van der Waals surface area contributed by atoms with Crippen molar-refractivity contribution in [1.82, 2.24) is 4.98 Å². The molecule has 1 amide bonds. The van der Waals surface area contributed by atoms with Gasteiger partial charge in [-0.2, -0.15) is 0 Å². The number of para-hydroxylation sites is 1. The number of nitrogens with zero attached hydrogens (tertiary/aromatic N) is 2. The van der Waals surface area contributed by atoms with Gasteiger partial charge in [-0.3, -0.25) is 14.5 Å². The van der Waals surface area contributed by atoms with Gasteiger partial charge in [-0.1, -0.05) is 29.5 Å². The molecule has 8 heteroatoms. The van der Waals surface area contributed by atoms with Gasteiger partial charge in [-0.15, -0.1) is 0 Å². The minimum absolute atomic E-state index is 0.0446. The Balaban J connectivity index is 1.68. The Morgan fingerprint density at radius 1 is 1.21 bits per heavy atom. The zero-order valence-electron chi connectivity index (χ0n) is 14.7. The molecule has 0 unspecified atom stereocenters. The zero-order valence-corrected chi connectivity index (χ0v) is 15.5. The van der Waals surface area contributed by atoms with Gasteiger partial charge in [0.15, 0.2) is 28.2 Å². The van der Waals surface area contributed by atoms with Crippen LogP contribution in [-0.4, -0.2) is 28.6 Å². The molecule has 0 saturated heterocycles. The number of carbonyl (C=O) groups excluding carboxylic acids is 2. The molecule has 0 bridgehead atoms. The van der Waals surface area contributed by atoms with Crippen molar-refractivity contribution >= 4 is 38.4 Å². The third-order valence-corrected chi connectivity index (χ3v) is 5.82. The zero-order chi connectivity index (χ0) is 19.4. The van der Waals surface area contributed by atoms with Crippen molar-refractivity contribution < 1.29 is 24.2 Å². The molecule has 2 aromatic carbocycles. The molecular weight excluding hydrogens is 380 g/mol. The van der Waals surface area contributed by atoms with E-state index in [4.69, 9.17) is 9.47 Å². The Labute approximate surface area is 163 Å². The summed E-state index contributed by atoms with van der Waals surface area (Å²) in [5.41, 5.74) is 1.42. The van der Waals surface area contributed by atoms with Gasteiger partial charge in [0, 0.05) is 0 Å². The largest absolute Gasteiger partial charge is 0.503 e. The number of Topliss-reactive ketones (excluding diaryl/α,β-unsaturated/α-hetero) is 1. The van der Waals surface area contributed by atoms with Gasteiger partial charge in [0.2, 0.25) is 6.79 Å². The van der Waals surface area contributed by atoms with E-state index in [-0.39, 0.29) is 18.1 Å². The first-order valence-corrected chi connectivity index (χ1v) is 9.39. The summed E-state index contributed by atoms with van der Waals surface area (Å²) in [4.78, 5) is 31.1. The molecule has 3 aromatic rings. The highest BCUT2D eigenvalue weighted by Crippen LogP contribution is 2.45. The molecule has 0 aliphatic carbocycles. The number of thiazole rings is 1. The number of benzene rings is 2. The molecule has 0 saturated carbocycles. The normalized spacial score (nSPS) is 18.4. The molecule has 3 heterocycles. The number of aliphatic hydroxyl groups excluding tert-OH is 1. The van der Waals surface area contributed by atoms with Gasteiger partial charge >= 0.3 is 0 Å². The van der Waals surface area contributed by atoms with E-state index in [0.717, 1.165) is 10.2 Å². The Kier molecular flexibility index (Phi) is 3.63. The molecular formula is C20H14N2O5S. The summed E-state index contributed by atoms with van der Waals surface area (Å²) < 4.78 is 11.7. The van der Waals surface area contributed by atoms with Crippen LogP contribution in [0.1, 0.15) is 18.5 Å². The summed E-state index contributed by atoms with van der Waals surface area (Å²) in [7, 11) is 0. The average molecular weight is 394 g/mol. The van der Waals surface area contributed by atoms with Crippen LogP contribution in [0.15, 0.2) is 53.8 Å². The summed E-state index contributed by atoms with van der Waals surface area (Å²) in [5, 5.41) is 10.9. The van der Waals surface area contributed by atoms with Crippen molar-refractivity contribution in [2.75, 3.05) is 11.7 Å². The maximum Gasteiger partial charge on any atom is 0.296 e. The number of rotatable bonds is 3. The van der Waals surface area contributed by atoms with Gasteiger partial charge in [-0.25, -0.2) is 4.98 Å². The first-order chi connectivity index (χ1) is 13.5. The number of aromatic nitrogens is 1. The summed E-state index contributed by atoms with van der Waals surface area (Å²) in [6, 6.07) is 11.9. The van der Waals surface area contributed by atoms with E-state index in [9.17, 15) is 14.7 Å². The van der Waals surface area contributed by atoms with E-state index < -0.39 is 17.7 Å². The smallest absolute Gasteiger partial charge is 0.296 e. The van der Waals surface area contributed by atoms with E-state index in [1.165, 1.54) is 23.2 Å². The standard InChI is InChI=1S/C20H14N2O5S/c1-10(23)16-17(11-6-7-13-14(8-11)27-9-26-13)22(19(25)18(16)24)20-21-12-4-2-3-5-15(12)28-20/h2-8,17,24H,9H2,1H3/t17-/m1/s1. The van der Waals surface area contributed by atoms with Crippen LogP contribution in [0.3, 0.4) is 0 Å². The van der Waals surface area contributed by atoms with Crippen molar-refractivity contribution in [2.24, 2.45) is 0 Å². The topological polar surface area (TPSA) is 89.0 Å². The van der Waals surface area contributed by atoms with Crippen LogP contribution in [0.5, 0.6) is 11.5 Å².